The van der Waals surface area contributed by atoms with Crippen molar-refractivity contribution in [1.82, 2.24) is 9.88 Å². The average molecular weight is 562 g/mol. The molecule has 0 unspecified atom stereocenters. The Morgan fingerprint density at radius 2 is 1.68 bits per heavy atom. The molecule has 1 aliphatic heterocycles. The van der Waals surface area contributed by atoms with E-state index in [1.54, 1.807) is 6.20 Å². The Kier molecular flexibility index (Phi) is 8.85. The monoisotopic (exact) mass is 561 g/mol. The van der Waals surface area contributed by atoms with E-state index in [0.29, 0.717) is 36.4 Å². The van der Waals surface area contributed by atoms with Crippen molar-refractivity contribution in [3.8, 4) is 0 Å². The molecule has 0 spiro atoms. The highest BCUT2D eigenvalue weighted by atomic mass is 19.1. The second-order valence-electron chi connectivity index (χ2n) is 11.0. The molecule has 0 radical (unpaired) electrons. The van der Waals surface area contributed by atoms with Crippen LogP contribution in [0.15, 0.2) is 60.8 Å². The first-order valence-electron chi connectivity index (χ1n) is 14.0. The molecule has 1 aliphatic rings. The van der Waals surface area contributed by atoms with Crippen LogP contribution >= 0.6 is 0 Å². The van der Waals surface area contributed by atoms with Crippen LogP contribution in [0.25, 0.3) is 10.9 Å². The first-order chi connectivity index (χ1) is 19.7. The van der Waals surface area contributed by atoms with Crippen LogP contribution in [0, 0.1) is 11.6 Å². The van der Waals surface area contributed by atoms with Gasteiger partial charge in [-0.2, -0.15) is 0 Å². The molecule has 0 saturated carbocycles. The molecule has 1 aromatic heterocycles. The van der Waals surface area contributed by atoms with Gasteiger partial charge in [0.25, 0.3) is 5.91 Å². The summed E-state index contributed by atoms with van der Waals surface area (Å²) in [4.78, 5) is 21.2. The van der Waals surface area contributed by atoms with Crippen molar-refractivity contribution in [3.05, 3.63) is 89.1 Å². The van der Waals surface area contributed by atoms with E-state index in [1.165, 1.54) is 12.1 Å². The zero-order valence-electron chi connectivity index (χ0n) is 23.8. The van der Waals surface area contributed by atoms with Crippen molar-refractivity contribution in [2.75, 3.05) is 63.0 Å². The normalized spacial score (nSPS) is 14.0. The van der Waals surface area contributed by atoms with E-state index < -0.39 is 11.6 Å². The number of aromatic amines is 1. The van der Waals surface area contributed by atoms with Crippen molar-refractivity contribution in [2.24, 2.45) is 0 Å². The fourth-order valence-electron chi connectivity index (χ4n) is 5.15. The molecule has 1 saturated heterocycles. The number of nitrogens with one attached hydrogen (secondary N) is 3. The van der Waals surface area contributed by atoms with Gasteiger partial charge in [-0.3, -0.25) is 4.79 Å². The molecule has 7 nitrogen and oxygen atoms in total. The molecule has 4 aromatic rings. The van der Waals surface area contributed by atoms with Crippen LogP contribution in [-0.4, -0.2) is 69.3 Å². The minimum absolute atomic E-state index is 0.222. The number of H-pyrrole nitrogens is 1. The molecule has 3 N–H and O–H groups in total. The van der Waals surface area contributed by atoms with Crippen LogP contribution < -0.4 is 15.5 Å². The molecule has 41 heavy (non-hydrogen) atoms. The largest absolute Gasteiger partial charge is 0.381 e. The molecule has 9 heteroatoms. The second kappa shape index (κ2) is 12.7. The zero-order chi connectivity index (χ0) is 28.9. The van der Waals surface area contributed by atoms with E-state index in [9.17, 15) is 13.6 Å². The number of nitrogens with zero attached hydrogens (tertiary/aromatic N) is 2. The van der Waals surface area contributed by atoms with Gasteiger partial charge < -0.3 is 30.2 Å². The number of likely N-dealkylation sites (N-methyl/N-ethyl adjacent to an activating group) is 2. The number of aromatic nitrogens is 1. The lowest BCUT2D eigenvalue weighted by atomic mass is 10.0. The molecule has 0 bridgehead atoms. The number of hydrogen-bond donors (Lipinski definition) is 3. The number of fused-ring (bicyclic) bond motifs is 1. The summed E-state index contributed by atoms with van der Waals surface area (Å²) in [5, 5.41) is 7.51. The van der Waals surface area contributed by atoms with Gasteiger partial charge in [0.15, 0.2) is 0 Å². The van der Waals surface area contributed by atoms with E-state index in [4.69, 9.17) is 4.74 Å². The molecular formula is C32H37F2N5O2. The Bertz CT molecular complexity index is 1490. The third-order valence-electron chi connectivity index (χ3n) is 7.48. The van der Waals surface area contributed by atoms with E-state index in [-0.39, 0.29) is 11.9 Å². The Hall–Kier alpha value is -3.95. The van der Waals surface area contributed by atoms with Crippen LogP contribution in [0.5, 0.6) is 0 Å². The Morgan fingerprint density at radius 1 is 0.927 bits per heavy atom. The second-order valence-corrected chi connectivity index (χ2v) is 11.0. The molecule has 1 fully saturated rings. The summed E-state index contributed by atoms with van der Waals surface area (Å²) in [6, 6.07) is 15.4. The molecule has 3 aromatic carbocycles. The van der Waals surface area contributed by atoms with Gasteiger partial charge in [0.05, 0.1) is 11.3 Å². The molecule has 5 rings (SSSR count). The van der Waals surface area contributed by atoms with Gasteiger partial charge in [0, 0.05) is 73.9 Å². The maximum atomic E-state index is 13.7. The predicted molar refractivity (Wildman–Crippen MR) is 161 cm³/mol. The lowest BCUT2D eigenvalue weighted by Gasteiger charge is -2.27. The van der Waals surface area contributed by atoms with Crippen LogP contribution in [0.3, 0.4) is 0 Å². The van der Waals surface area contributed by atoms with E-state index in [1.807, 2.05) is 50.5 Å². The number of anilines is 3. The van der Waals surface area contributed by atoms with Crippen molar-refractivity contribution in [2.45, 2.75) is 25.3 Å². The van der Waals surface area contributed by atoms with Gasteiger partial charge in [-0.25, -0.2) is 8.78 Å². The highest BCUT2D eigenvalue weighted by Crippen LogP contribution is 2.29. The summed E-state index contributed by atoms with van der Waals surface area (Å²) >= 11 is 0. The van der Waals surface area contributed by atoms with Crippen LogP contribution in [0.1, 0.15) is 34.3 Å². The SMILES string of the molecule is CN(C)CCN(C)c1ccc(C(=O)Nc2c[nH]c3ccc(Cc4cc(F)cc(F)c4)cc23)c(NC2CCOCC2)c1. The van der Waals surface area contributed by atoms with Gasteiger partial charge in [-0.1, -0.05) is 6.07 Å². The Morgan fingerprint density at radius 3 is 2.41 bits per heavy atom. The fourth-order valence-corrected chi connectivity index (χ4v) is 5.15. The third kappa shape index (κ3) is 7.23. The van der Waals surface area contributed by atoms with Gasteiger partial charge in [-0.05, 0) is 86.9 Å². The predicted octanol–water partition coefficient (Wildman–Crippen LogP) is 5.88. The first-order valence-corrected chi connectivity index (χ1v) is 14.0. The highest BCUT2D eigenvalue weighted by Gasteiger charge is 2.20. The standard InChI is InChI=1S/C32H37F2N5O2/c1-38(2)10-11-39(3)26-5-6-27(30(19-26)36-25-8-12-41-13-9-25)32(40)37-31-20-35-29-7-4-21(17-28(29)31)14-22-15-23(33)18-24(34)16-22/h4-7,15-20,25,35-36H,8-14H2,1-3H3,(H,37,40). The molecular weight excluding hydrogens is 524 g/mol. The fraction of sp³-hybridized carbons (Fsp3) is 0.344. The lowest BCUT2D eigenvalue weighted by Crippen LogP contribution is -2.30. The summed E-state index contributed by atoms with van der Waals surface area (Å²) in [5.74, 6) is -1.42. The summed E-state index contributed by atoms with van der Waals surface area (Å²) < 4.78 is 33.0. The van der Waals surface area contributed by atoms with E-state index >= 15 is 0 Å². The molecule has 2 heterocycles. The van der Waals surface area contributed by atoms with Gasteiger partial charge in [-0.15, -0.1) is 0 Å². The maximum absolute atomic E-state index is 13.7. The highest BCUT2D eigenvalue weighted by molar-refractivity contribution is 6.12. The quantitative estimate of drug-likeness (QED) is 0.226. The number of amides is 1. The summed E-state index contributed by atoms with van der Waals surface area (Å²) in [7, 11) is 6.15. The van der Waals surface area contributed by atoms with Crippen molar-refractivity contribution in [1.29, 1.82) is 0 Å². The smallest absolute Gasteiger partial charge is 0.257 e. The topological polar surface area (TPSA) is 72.6 Å². The van der Waals surface area contributed by atoms with Crippen LogP contribution in [-0.2, 0) is 11.2 Å². The van der Waals surface area contributed by atoms with Crippen molar-refractivity contribution < 1.29 is 18.3 Å². The average Bonchev–Trinajstić information content (AvgIpc) is 3.33. The van der Waals surface area contributed by atoms with Crippen molar-refractivity contribution >= 4 is 33.9 Å². The number of carbonyl (C=O) groups is 1. The number of carbonyl (C=O) groups excluding carboxylic acids is 1. The molecule has 1 amide bonds. The number of halogens is 2. The molecule has 0 aliphatic carbocycles. The van der Waals surface area contributed by atoms with Crippen LogP contribution in [0.2, 0.25) is 0 Å². The number of rotatable bonds is 10. The van der Waals surface area contributed by atoms with Gasteiger partial charge >= 0.3 is 0 Å². The zero-order valence-corrected chi connectivity index (χ0v) is 23.8. The summed E-state index contributed by atoms with van der Waals surface area (Å²) in [6.45, 7) is 3.16. The minimum atomic E-state index is -0.601. The van der Waals surface area contributed by atoms with Gasteiger partial charge in [0.2, 0.25) is 0 Å². The van der Waals surface area contributed by atoms with E-state index in [2.05, 4.69) is 32.5 Å². The number of ether oxygens (including phenoxy) is 1. The number of hydrogen-bond acceptors (Lipinski definition) is 5. The maximum Gasteiger partial charge on any atom is 0.257 e. The third-order valence-corrected chi connectivity index (χ3v) is 7.48. The first kappa shape index (κ1) is 28.6. The summed E-state index contributed by atoms with van der Waals surface area (Å²) in [5.41, 5.74) is 5.30. The van der Waals surface area contributed by atoms with Gasteiger partial charge in [0.1, 0.15) is 11.6 Å². The molecule has 216 valence electrons. The molecule has 0 atom stereocenters. The van der Waals surface area contributed by atoms with Crippen molar-refractivity contribution in [3.63, 3.8) is 0 Å². The lowest BCUT2D eigenvalue weighted by molar-refractivity contribution is 0.0904. The summed E-state index contributed by atoms with van der Waals surface area (Å²) in [6.07, 6.45) is 3.89. The number of benzene rings is 3. The minimum Gasteiger partial charge on any atom is -0.381 e. The van der Waals surface area contributed by atoms with E-state index in [0.717, 1.165) is 59.8 Å². The Labute approximate surface area is 239 Å². The Balaban J connectivity index is 1.39. The van der Waals surface area contributed by atoms with Crippen LogP contribution in [0.4, 0.5) is 25.8 Å².